The number of methoxy groups -OCH3 is 1. The number of Topliss-reactive ketones (excluding diaryl/α,β-unsaturated/α-hetero) is 2. The van der Waals surface area contributed by atoms with Gasteiger partial charge < -0.3 is 9.53 Å². The molecule has 0 bridgehead atoms. The molecule has 6 heteroatoms. The molecule has 15 heavy (non-hydrogen) atoms. The maximum atomic E-state index is 10.2. The van der Waals surface area contributed by atoms with Crippen LogP contribution in [0.2, 0.25) is 0 Å². The largest absolute Gasteiger partial charge is 0.469 e. The quantitative estimate of drug-likeness (QED) is 0.433. The summed E-state index contributed by atoms with van der Waals surface area (Å²) in [4.78, 5) is 29.7. The minimum absolute atomic E-state index is 0.115. The van der Waals surface area contributed by atoms with Gasteiger partial charge in [0.1, 0.15) is 18.0 Å². The Hall–Kier alpha value is -0.610. The van der Waals surface area contributed by atoms with Crippen LogP contribution in [0.3, 0.4) is 0 Å². The van der Waals surface area contributed by atoms with Gasteiger partial charge in [-0.25, -0.2) is 0 Å². The van der Waals surface area contributed by atoms with E-state index in [1.807, 2.05) is 0 Å². The molecule has 0 fully saturated rings. The highest BCUT2D eigenvalue weighted by atomic mass is 35.5. The van der Waals surface area contributed by atoms with E-state index in [9.17, 15) is 14.4 Å². The molecule has 0 amide bonds. The van der Waals surface area contributed by atoms with Gasteiger partial charge in [-0.15, -0.1) is 23.2 Å². The molecule has 0 atom stereocenters. The van der Waals surface area contributed by atoms with Gasteiger partial charge in [-0.2, -0.15) is 0 Å². The smallest absolute Gasteiger partial charge is 0.313 e. The van der Waals surface area contributed by atoms with Crippen LogP contribution < -0.4 is 0 Å². The van der Waals surface area contributed by atoms with E-state index in [0.29, 0.717) is 0 Å². The zero-order valence-electron chi connectivity index (χ0n) is 9.30. The third kappa shape index (κ3) is 59.8. The second-order valence-corrected chi connectivity index (χ2v) is 3.27. The number of halogens is 2. The summed E-state index contributed by atoms with van der Waals surface area (Å²) in [7, 11) is 1.26. The zero-order valence-corrected chi connectivity index (χ0v) is 10.8. The summed E-state index contributed by atoms with van der Waals surface area (Å²) in [5, 5.41) is 0.194. The molecular formula is C9H16Cl2O4. The molecule has 0 aliphatic heterocycles. The van der Waals surface area contributed by atoms with Gasteiger partial charge >= 0.3 is 5.97 Å². The minimum Gasteiger partial charge on any atom is -0.469 e. The summed E-state index contributed by atoms with van der Waals surface area (Å²) in [5.74, 6) is -0.477. The third-order valence-electron chi connectivity index (χ3n) is 0.621. The zero-order chi connectivity index (χ0) is 12.9. The standard InChI is InChI=1S/C5H8O3.C3H6O.CH2Cl2/c1-4(6)3-5(7)8-2;1-3(2)4;2-1-3/h3H2,1-2H3;1-2H3;1H2. The van der Waals surface area contributed by atoms with Gasteiger partial charge in [0.25, 0.3) is 0 Å². The Morgan fingerprint density at radius 2 is 1.33 bits per heavy atom. The number of hydrogen-bond acceptors (Lipinski definition) is 4. The average molecular weight is 259 g/mol. The molecule has 0 saturated heterocycles. The van der Waals surface area contributed by atoms with Crippen molar-refractivity contribution >= 4 is 40.7 Å². The molecule has 0 spiro atoms. The SMILES string of the molecule is CC(C)=O.COC(=O)CC(C)=O.ClCCl. The van der Waals surface area contributed by atoms with Crippen molar-refractivity contribution in [2.45, 2.75) is 27.2 Å². The molecule has 0 aliphatic rings. The van der Waals surface area contributed by atoms with Crippen molar-refractivity contribution in [1.82, 2.24) is 0 Å². The number of carbonyl (C=O) groups is 3. The maximum absolute atomic E-state index is 10.2. The third-order valence-corrected chi connectivity index (χ3v) is 0.621. The van der Waals surface area contributed by atoms with Crippen molar-refractivity contribution in [3.05, 3.63) is 0 Å². The van der Waals surface area contributed by atoms with Gasteiger partial charge in [0.2, 0.25) is 0 Å². The first-order valence-electron chi connectivity index (χ1n) is 3.97. The van der Waals surface area contributed by atoms with E-state index in [4.69, 9.17) is 23.2 Å². The Morgan fingerprint density at radius 1 is 1.07 bits per heavy atom. The van der Waals surface area contributed by atoms with Crippen LogP contribution in [0.5, 0.6) is 0 Å². The van der Waals surface area contributed by atoms with Crippen molar-refractivity contribution < 1.29 is 19.1 Å². The molecule has 0 aromatic heterocycles. The van der Waals surface area contributed by atoms with Crippen LogP contribution in [-0.4, -0.2) is 30.0 Å². The lowest BCUT2D eigenvalue weighted by atomic mass is 10.3. The van der Waals surface area contributed by atoms with Crippen molar-refractivity contribution in [2.24, 2.45) is 0 Å². The molecule has 0 aromatic rings. The summed E-state index contributed by atoms with van der Waals surface area (Å²) in [6, 6.07) is 0. The molecule has 0 heterocycles. The van der Waals surface area contributed by atoms with Crippen LogP contribution in [0.25, 0.3) is 0 Å². The number of hydrogen-bond donors (Lipinski definition) is 0. The van der Waals surface area contributed by atoms with Crippen molar-refractivity contribution in [3.8, 4) is 0 Å². The van der Waals surface area contributed by atoms with E-state index < -0.39 is 5.97 Å². The lowest BCUT2D eigenvalue weighted by Crippen LogP contribution is -2.05. The number of esters is 1. The monoisotopic (exact) mass is 258 g/mol. The number of carbonyl (C=O) groups excluding carboxylic acids is 3. The van der Waals surface area contributed by atoms with E-state index in [2.05, 4.69) is 4.74 Å². The van der Waals surface area contributed by atoms with E-state index >= 15 is 0 Å². The second kappa shape index (κ2) is 15.8. The van der Waals surface area contributed by atoms with Gasteiger partial charge in [-0.3, -0.25) is 9.59 Å². The maximum Gasteiger partial charge on any atom is 0.313 e. The average Bonchev–Trinajstić information content (AvgIpc) is 2.03. The van der Waals surface area contributed by atoms with Gasteiger partial charge in [-0.1, -0.05) is 0 Å². The molecule has 0 N–H and O–H groups in total. The number of ether oxygens (including phenoxy) is 1. The Kier molecular flexibility index (Phi) is 21.0. The van der Waals surface area contributed by atoms with Crippen molar-refractivity contribution in [1.29, 1.82) is 0 Å². The summed E-state index contributed by atoms with van der Waals surface area (Å²) in [6.07, 6.45) is -0.115. The fourth-order valence-electron chi connectivity index (χ4n) is 0.275. The summed E-state index contributed by atoms with van der Waals surface area (Å²) in [5.41, 5.74) is 0. The molecule has 4 nitrogen and oxygen atoms in total. The number of ketones is 2. The highest BCUT2D eigenvalue weighted by Gasteiger charge is 2.01. The Labute approximate surface area is 99.9 Å². The van der Waals surface area contributed by atoms with Crippen LogP contribution in [0.4, 0.5) is 0 Å². The lowest BCUT2D eigenvalue weighted by molar-refractivity contribution is -0.143. The van der Waals surface area contributed by atoms with Gasteiger partial charge in [0, 0.05) is 0 Å². The molecule has 0 aromatic carbocycles. The molecule has 0 saturated carbocycles. The fourth-order valence-corrected chi connectivity index (χ4v) is 0.275. The molecule has 0 aliphatic carbocycles. The van der Waals surface area contributed by atoms with E-state index in [0.717, 1.165) is 0 Å². The van der Waals surface area contributed by atoms with Crippen molar-refractivity contribution in [3.63, 3.8) is 0 Å². The van der Waals surface area contributed by atoms with Gasteiger partial charge in [-0.05, 0) is 20.8 Å². The van der Waals surface area contributed by atoms with Crippen molar-refractivity contribution in [2.75, 3.05) is 12.4 Å². The molecule has 0 radical (unpaired) electrons. The first-order valence-corrected chi connectivity index (χ1v) is 5.04. The van der Waals surface area contributed by atoms with Gasteiger partial charge in [0.05, 0.1) is 12.4 Å². The first kappa shape index (κ1) is 19.9. The molecule has 0 rings (SSSR count). The Balaban J connectivity index is -0.000000173. The summed E-state index contributed by atoms with van der Waals surface area (Å²) in [6.45, 7) is 4.40. The highest BCUT2D eigenvalue weighted by Crippen LogP contribution is 1.83. The van der Waals surface area contributed by atoms with E-state index in [-0.39, 0.29) is 23.3 Å². The number of rotatable bonds is 2. The number of alkyl halides is 2. The van der Waals surface area contributed by atoms with Crippen LogP contribution in [0.1, 0.15) is 27.2 Å². The Morgan fingerprint density at radius 3 is 1.40 bits per heavy atom. The summed E-state index contributed by atoms with van der Waals surface area (Å²) < 4.78 is 4.20. The summed E-state index contributed by atoms with van der Waals surface area (Å²) >= 11 is 9.53. The lowest BCUT2D eigenvalue weighted by Gasteiger charge is -1.90. The van der Waals surface area contributed by atoms with E-state index in [1.165, 1.54) is 27.9 Å². The first-order chi connectivity index (χ1) is 6.81. The minimum atomic E-state index is -0.475. The fraction of sp³-hybridized carbons (Fsp3) is 0.667. The Bertz CT molecular complexity index is 189. The molecular weight excluding hydrogens is 243 g/mol. The predicted octanol–water partition coefficient (Wildman–Crippen LogP) is 2.16. The van der Waals surface area contributed by atoms with Crippen LogP contribution in [-0.2, 0) is 19.1 Å². The molecule has 90 valence electrons. The topological polar surface area (TPSA) is 60.4 Å². The molecule has 0 unspecified atom stereocenters. The highest BCUT2D eigenvalue weighted by molar-refractivity contribution is 6.40. The second-order valence-electron chi connectivity index (χ2n) is 2.46. The van der Waals surface area contributed by atoms with Gasteiger partial charge in [0.15, 0.2) is 0 Å². The van der Waals surface area contributed by atoms with Crippen LogP contribution in [0.15, 0.2) is 0 Å². The normalized spacial score (nSPS) is 7.33. The van der Waals surface area contributed by atoms with Crippen LogP contribution >= 0.6 is 23.2 Å². The van der Waals surface area contributed by atoms with Crippen LogP contribution in [0, 0.1) is 0 Å². The van der Waals surface area contributed by atoms with E-state index in [1.54, 1.807) is 0 Å². The predicted molar refractivity (Wildman–Crippen MR) is 60.2 cm³/mol.